The van der Waals surface area contributed by atoms with Gasteiger partial charge in [-0.15, -0.1) is 0 Å². The fourth-order valence-electron chi connectivity index (χ4n) is 1.50. The fraction of sp³-hybridized carbons (Fsp3) is 0.364. The lowest BCUT2D eigenvalue weighted by atomic mass is 10.0. The highest BCUT2D eigenvalue weighted by molar-refractivity contribution is 5.81. The third kappa shape index (κ3) is 1.89. The van der Waals surface area contributed by atoms with Crippen molar-refractivity contribution in [1.29, 1.82) is 0 Å². The summed E-state index contributed by atoms with van der Waals surface area (Å²) in [6.45, 7) is 0. The van der Waals surface area contributed by atoms with Gasteiger partial charge in [-0.2, -0.15) is 0 Å². The first-order chi connectivity index (χ1) is 6.42. The molecule has 1 aliphatic carbocycles. The molecule has 0 amide bonds. The number of nitrogens with zero attached hydrogens (tertiary/aromatic N) is 1. The van der Waals surface area contributed by atoms with Gasteiger partial charge in [0.15, 0.2) is 0 Å². The van der Waals surface area contributed by atoms with E-state index in [1.54, 1.807) is 13.3 Å². The molecule has 0 N–H and O–H groups in total. The lowest BCUT2D eigenvalue weighted by Crippen LogP contribution is -1.90. The molecule has 0 aliphatic heterocycles. The molecule has 0 spiro atoms. The Balaban J connectivity index is 2.26. The summed E-state index contributed by atoms with van der Waals surface area (Å²) in [5.41, 5.74) is 2.59. The normalized spacial score (nSPS) is 16.4. The Morgan fingerprint density at radius 3 is 2.85 bits per heavy atom. The minimum absolute atomic E-state index is 0.763. The zero-order chi connectivity index (χ0) is 9.10. The van der Waals surface area contributed by atoms with Crippen molar-refractivity contribution in [3.05, 3.63) is 35.4 Å². The van der Waals surface area contributed by atoms with Crippen LogP contribution < -0.4 is 0 Å². The minimum Gasteiger partial charge on any atom is -0.399 e. The second kappa shape index (κ2) is 3.60. The van der Waals surface area contributed by atoms with Crippen molar-refractivity contribution in [2.75, 3.05) is 7.11 Å². The molecule has 2 nitrogen and oxygen atoms in total. The van der Waals surface area contributed by atoms with Crippen LogP contribution in [0.2, 0.25) is 0 Å². The van der Waals surface area contributed by atoms with Crippen molar-refractivity contribution in [3.63, 3.8) is 0 Å². The molecule has 0 atom stereocenters. The summed E-state index contributed by atoms with van der Waals surface area (Å²) < 4.78 is 0. The van der Waals surface area contributed by atoms with Gasteiger partial charge in [0.1, 0.15) is 7.11 Å². The van der Waals surface area contributed by atoms with Crippen LogP contribution >= 0.6 is 0 Å². The van der Waals surface area contributed by atoms with E-state index in [2.05, 4.69) is 28.2 Å². The van der Waals surface area contributed by atoms with Gasteiger partial charge < -0.3 is 4.84 Å². The standard InChI is InChI=1S/C11H13NO/c1-13-12-8-10-4-2-3-5-11(10)9-6-7-9/h2-5,8-9H,6-7H2,1H3/b12-8+. The van der Waals surface area contributed by atoms with Crippen molar-refractivity contribution < 1.29 is 4.84 Å². The molecule has 1 aromatic rings. The molecule has 13 heavy (non-hydrogen) atoms. The van der Waals surface area contributed by atoms with Crippen LogP contribution in [0.5, 0.6) is 0 Å². The molecule has 2 heteroatoms. The Hall–Kier alpha value is -1.31. The van der Waals surface area contributed by atoms with Gasteiger partial charge in [-0.1, -0.05) is 29.4 Å². The van der Waals surface area contributed by atoms with Crippen molar-refractivity contribution in [1.82, 2.24) is 0 Å². The lowest BCUT2D eigenvalue weighted by Gasteiger charge is -2.01. The summed E-state index contributed by atoms with van der Waals surface area (Å²) in [6, 6.07) is 8.37. The van der Waals surface area contributed by atoms with Gasteiger partial charge >= 0.3 is 0 Å². The van der Waals surface area contributed by atoms with E-state index in [1.807, 2.05) is 6.07 Å². The molecule has 0 heterocycles. The first-order valence-electron chi connectivity index (χ1n) is 4.57. The van der Waals surface area contributed by atoms with Gasteiger partial charge in [0, 0.05) is 0 Å². The third-order valence-electron chi connectivity index (χ3n) is 2.31. The first kappa shape index (κ1) is 8.30. The van der Waals surface area contributed by atoms with Gasteiger partial charge in [-0.05, 0) is 29.9 Å². The minimum atomic E-state index is 0.763. The van der Waals surface area contributed by atoms with Gasteiger partial charge in [0.25, 0.3) is 0 Å². The maximum Gasteiger partial charge on any atom is 0.106 e. The van der Waals surface area contributed by atoms with Crippen LogP contribution in [-0.2, 0) is 4.84 Å². The topological polar surface area (TPSA) is 21.6 Å². The van der Waals surface area contributed by atoms with E-state index < -0.39 is 0 Å². The second-order valence-corrected chi connectivity index (χ2v) is 3.32. The number of benzene rings is 1. The van der Waals surface area contributed by atoms with Crippen LogP contribution in [0.25, 0.3) is 0 Å². The third-order valence-corrected chi connectivity index (χ3v) is 2.31. The molecule has 1 aliphatic rings. The van der Waals surface area contributed by atoms with E-state index >= 15 is 0 Å². The van der Waals surface area contributed by atoms with E-state index in [9.17, 15) is 0 Å². The average molecular weight is 175 g/mol. The molecule has 0 unspecified atom stereocenters. The van der Waals surface area contributed by atoms with E-state index in [1.165, 1.54) is 24.0 Å². The Morgan fingerprint density at radius 1 is 1.38 bits per heavy atom. The van der Waals surface area contributed by atoms with Gasteiger partial charge in [0.2, 0.25) is 0 Å². The molecule has 0 radical (unpaired) electrons. The van der Waals surface area contributed by atoms with E-state index in [-0.39, 0.29) is 0 Å². The highest BCUT2D eigenvalue weighted by Crippen LogP contribution is 2.41. The summed E-state index contributed by atoms with van der Waals surface area (Å²) in [5.74, 6) is 0.763. The number of rotatable bonds is 3. The molecule has 68 valence electrons. The molecule has 0 saturated heterocycles. The van der Waals surface area contributed by atoms with Gasteiger partial charge in [-0.25, -0.2) is 0 Å². The SMILES string of the molecule is CO/N=C/c1ccccc1C1CC1. The molecular weight excluding hydrogens is 162 g/mol. The first-order valence-corrected chi connectivity index (χ1v) is 4.57. The average Bonchev–Trinajstić information content (AvgIpc) is 2.98. The van der Waals surface area contributed by atoms with Crippen molar-refractivity contribution in [3.8, 4) is 0 Å². The highest BCUT2D eigenvalue weighted by atomic mass is 16.6. The lowest BCUT2D eigenvalue weighted by molar-refractivity contribution is 0.215. The highest BCUT2D eigenvalue weighted by Gasteiger charge is 2.24. The predicted octanol–water partition coefficient (Wildman–Crippen LogP) is 2.54. The second-order valence-electron chi connectivity index (χ2n) is 3.32. The van der Waals surface area contributed by atoms with E-state index in [0.717, 1.165) is 5.92 Å². The van der Waals surface area contributed by atoms with Crippen molar-refractivity contribution in [2.45, 2.75) is 18.8 Å². The number of oxime groups is 1. The van der Waals surface area contributed by atoms with Crippen molar-refractivity contribution in [2.24, 2.45) is 5.16 Å². The summed E-state index contributed by atoms with van der Waals surface area (Å²) in [4.78, 5) is 4.67. The van der Waals surface area contributed by atoms with Crippen LogP contribution in [0, 0.1) is 0 Å². The molecule has 2 rings (SSSR count). The summed E-state index contributed by atoms with van der Waals surface area (Å²) in [7, 11) is 1.57. The van der Waals surface area contributed by atoms with E-state index in [0.29, 0.717) is 0 Å². The van der Waals surface area contributed by atoms with Gasteiger partial charge in [0.05, 0.1) is 6.21 Å². The van der Waals surface area contributed by atoms with Crippen LogP contribution in [0.3, 0.4) is 0 Å². The maximum atomic E-state index is 4.67. The Bertz CT molecular complexity index is 316. The molecule has 1 saturated carbocycles. The molecule has 1 aromatic carbocycles. The summed E-state index contributed by atoms with van der Waals surface area (Å²) >= 11 is 0. The van der Waals surface area contributed by atoms with Gasteiger partial charge in [-0.3, -0.25) is 0 Å². The molecule has 0 aromatic heterocycles. The number of hydrogen-bond acceptors (Lipinski definition) is 2. The predicted molar refractivity (Wildman–Crippen MR) is 53.0 cm³/mol. The molecular formula is C11H13NO. The Kier molecular flexibility index (Phi) is 2.30. The zero-order valence-electron chi connectivity index (χ0n) is 7.73. The van der Waals surface area contributed by atoms with E-state index in [4.69, 9.17) is 0 Å². The van der Waals surface area contributed by atoms with Crippen LogP contribution in [-0.4, -0.2) is 13.3 Å². The van der Waals surface area contributed by atoms with Crippen molar-refractivity contribution >= 4 is 6.21 Å². The van der Waals surface area contributed by atoms with Crippen LogP contribution in [0.15, 0.2) is 29.4 Å². The number of hydrogen-bond donors (Lipinski definition) is 0. The summed E-state index contributed by atoms with van der Waals surface area (Å²) in [6.07, 6.45) is 4.42. The largest absolute Gasteiger partial charge is 0.399 e. The molecule has 0 bridgehead atoms. The summed E-state index contributed by atoms with van der Waals surface area (Å²) in [5, 5.41) is 3.79. The van der Waals surface area contributed by atoms with Crippen LogP contribution in [0.4, 0.5) is 0 Å². The Morgan fingerprint density at radius 2 is 2.15 bits per heavy atom. The van der Waals surface area contributed by atoms with Crippen LogP contribution in [0.1, 0.15) is 29.9 Å². The molecule has 1 fully saturated rings. The maximum absolute atomic E-state index is 4.67. The quantitative estimate of drug-likeness (QED) is 0.511. The fourth-order valence-corrected chi connectivity index (χ4v) is 1.50. The smallest absolute Gasteiger partial charge is 0.106 e. The Labute approximate surface area is 78.2 Å². The zero-order valence-corrected chi connectivity index (χ0v) is 7.73. The monoisotopic (exact) mass is 175 g/mol.